The molecule has 3 atom stereocenters. The van der Waals surface area contributed by atoms with E-state index in [1.807, 2.05) is 48.7 Å². The second kappa shape index (κ2) is 8.81. The van der Waals surface area contributed by atoms with Crippen LogP contribution in [0.5, 0.6) is 0 Å². The quantitative estimate of drug-likeness (QED) is 0.503. The molecule has 2 heterocycles. The molecule has 31 heavy (non-hydrogen) atoms. The zero-order valence-electron chi connectivity index (χ0n) is 17.6. The second-order valence-electron chi connectivity index (χ2n) is 8.14. The van der Waals surface area contributed by atoms with Gasteiger partial charge in [-0.05, 0) is 54.1 Å². The van der Waals surface area contributed by atoms with Crippen LogP contribution >= 0.6 is 11.3 Å². The Labute approximate surface area is 185 Å². The van der Waals surface area contributed by atoms with Crippen molar-refractivity contribution in [1.29, 1.82) is 0 Å². The van der Waals surface area contributed by atoms with Gasteiger partial charge in [0.15, 0.2) is 5.60 Å². The monoisotopic (exact) mass is 439 g/mol. The number of benzene rings is 2. The van der Waals surface area contributed by atoms with E-state index in [9.17, 15) is 14.3 Å². The second-order valence-corrected chi connectivity index (χ2v) is 9.09. The fourth-order valence-electron chi connectivity index (χ4n) is 4.23. The Morgan fingerprint density at radius 1 is 1.10 bits per heavy atom. The molecule has 1 aliphatic rings. The first-order chi connectivity index (χ1) is 14.9. The first kappa shape index (κ1) is 21.5. The number of thiophene rings is 1. The maximum Gasteiger partial charge on any atom is 0.411 e. The number of nitrogens with zero attached hydrogens (tertiary/aromatic N) is 1. The topological polar surface area (TPSA) is 49.8 Å². The fraction of sp³-hybridized carbons (Fsp3) is 0.320. The lowest BCUT2D eigenvalue weighted by molar-refractivity contribution is -0.0794. The Bertz CT molecular complexity index is 1020. The van der Waals surface area contributed by atoms with Gasteiger partial charge in [0.05, 0.1) is 12.1 Å². The Balaban J connectivity index is 1.50. The maximum absolute atomic E-state index is 13.2. The molecule has 0 aliphatic carbocycles. The van der Waals surface area contributed by atoms with Gasteiger partial charge in [-0.3, -0.25) is 0 Å². The predicted octanol–water partition coefficient (Wildman–Crippen LogP) is 6.12. The third-order valence-electron chi connectivity index (χ3n) is 5.91. The lowest BCUT2D eigenvalue weighted by atomic mass is 9.89. The molecule has 0 spiro atoms. The van der Waals surface area contributed by atoms with Crippen molar-refractivity contribution in [3.8, 4) is 11.1 Å². The van der Waals surface area contributed by atoms with Crippen LogP contribution in [-0.4, -0.2) is 28.7 Å². The van der Waals surface area contributed by atoms with Crippen LogP contribution < -0.4 is 0 Å². The van der Waals surface area contributed by atoms with E-state index in [0.29, 0.717) is 19.4 Å². The van der Waals surface area contributed by atoms with Gasteiger partial charge in [0, 0.05) is 24.3 Å². The zero-order valence-corrected chi connectivity index (χ0v) is 18.4. The van der Waals surface area contributed by atoms with Crippen LogP contribution in [0.2, 0.25) is 0 Å². The molecule has 162 valence electrons. The minimum atomic E-state index is -0.776. The summed E-state index contributed by atoms with van der Waals surface area (Å²) in [7, 11) is 0. The largest absolute Gasteiger partial charge is 0.437 e. The molecule has 4 nitrogen and oxygen atoms in total. The summed E-state index contributed by atoms with van der Waals surface area (Å²) in [5.41, 5.74) is 2.16. The van der Waals surface area contributed by atoms with E-state index in [1.54, 1.807) is 35.3 Å². The van der Waals surface area contributed by atoms with Gasteiger partial charge in [-0.2, -0.15) is 0 Å². The number of hydrogen-bond donors (Lipinski definition) is 1. The van der Waals surface area contributed by atoms with E-state index in [2.05, 4.69) is 0 Å². The van der Waals surface area contributed by atoms with Crippen LogP contribution in [0, 0.1) is 5.82 Å². The van der Waals surface area contributed by atoms with Crippen LogP contribution in [0.3, 0.4) is 0 Å². The normalized spacial score (nSPS) is 20.9. The number of hydrogen-bond acceptors (Lipinski definition) is 4. The highest BCUT2D eigenvalue weighted by Crippen LogP contribution is 2.42. The third-order valence-corrected chi connectivity index (χ3v) is 6.96. The third kappa shape index (κ3) is 4.50. The van der Waals surface area contributed by atoms with Crippen molar-refractivity contribution in [3.63, 3.8) is 0 Å². The molecule has 0 saturated carbocycles. The van der Waals surface area contributed by atoms with E-state index in [4.69, 9.17) is 4.74 Å². The van der Waals surface area contributed by atoms with Gasteiger partial charge in [-0.15, -0.1) is 11.3 Å². The standard InChI is InChI=1S/C25H26FNO3S/c1-17(28)16-25(23-4-3-15-31-23)13-14-27(24(29)30-25)18(2)19-5-7-20(8-6-19)21-9-11-22(26)12-10-21/h3-12,15,17-18,28H,13-14,16H2,1-2H3/t17-,18-,25-/m0/s1. The van der Waals surface area contributed by atoms with Gasteiger partial charge in [0.1, 0.15) is 5.82 Å². The molecule has 3 aromatic rings. The highest BCUT2D eigenvalue weighted by molar-refractivity contribution is 7.10. The minimum absolute atomic E-state index is 0.150. The minimum Gasteiger partial charge on any atom is -0.437 e. The van der Waals surface area contributed by atoms with E-state index < -0.39 is 11.7 Å². The lowest BCUT2D eigenvalue weighted by Crippen LogP contribution is -2.49. The van der Waals surface area contributed by atoms with Crippen LogP contribution in [0.15, 0.2) is 66.0 Å². The molecule has 1 aromatic heterocycles. The smallest absolute Gasteiger partial charge is 0.411 e. The van der Waals surface area contributed by atoms with Crippen LogP contribution in [-0.2, 0) is 10.3 Å². The molecule has 4 rings (SSSR count). The highest BCUT2D eigenvalue weighted by Gasteiger charge is 2.44. The Morgan fingerprint density at radius 3 is 2.29 bits per heavy atom. The van der Waals surface area contributed by atoms with E-state index in [1.165, 1.54) is 12.1 Å². The van der Waals surface area contributed by atoms with Crippen LogP contribution in [0.1, 0.15) is 43.2 Å². The summed E-state index contributed by atoms with van der Waals surface area (Å²) >= 11 is 1.55. The number of cyclic esters (lactones) is 1. The number of ether oxygens (including phenoxy) is 1. The van der Waals surface area contributed by atoms with Crippen molar-refractivity contribution < 1.29 is 19.0 Å². The lowest BCUT2D eigenvalue weighted by Gasteiger charge is -2.43. The zero-order chi connectivity index (χ0) is 22.0. The first-order valence-electron chi connectivity index (χ1n) is 10.5. The van der Waals surface area contributed by atoms with Crippen LogP contribution in [0.25, 0.3) is 11.1 Å². The molecular weight excluding hydrogens is 413 g/mol. The van der Waals surface area contributed by atoms with Crippen molar-refractivity contribution in [1.82, 2.24) is 4.90 Å². The average Bonchev–Trinajstić information content (AvgIpc) is 3.29. The van der Waals surface area contributed by atoms with Crippen LogP contribution in [0.4, 0.5) is 9.18 Å². The summed E-state index contributed by atoms with van der Waals surface area (Å²) in [6.45, 7) is 4.26. The van der Waals surface area contributed by atoms with Crippen molar-refractivity contribution >= 4 is 17.4 Å². The Hall–Kier alpha value is -2.70. The fourth-order valence-corrected chi connectivity index (χ4v) is 5.13. The maximum atomic E-state index is 13.2. The van der Waals surface area contributed by atoms with Gasteiger partial charge in [-0.1, -0.05) is 42.5 Å². The Kier molecular flexibility index (Phi) is 6.12. The molecular formula is C25H26FNO3S. The number of halogens is 1. The number of aliphatic hydroxyl groups is 1. The first-order valence-corrected chi connectivity index (χ1v) is 11.3. The summed E-state index contributed by atoms with van der Waals surface area (Å²) in [6, 6.07) is 18.1. The molecule has 1 amide bonds. The number of amides is 1. The number of carbonyl (C=O) groups is 1. The van der Waals surface area contributed by atoms with Crippen molar-refractivity contribution in [3.05, 3.63) is 82.3 Å². The molecule has 1 fully saturated rings. The molecule has 1 saturated heterocycles. The molecule has 1 aliphatic heterocycles. The molecule has 1 N–H and O–H groups in total. The van der Waals surface area contributed by atoms with Gasteiger partial charge < -0.3 is 14.7 Å². The van der Waals surface area contributed by atoms with Gasteiger partial charge in [0.2, 0.25) is 0 Å². The summed E-state index contributed by atoms with van der Waals surface area (Å²) in [4.78, 5) is 15.7. The Morgan fingerprint density at radius 2 is 1.74 bits per heavy atom. The van der Waals surface area contributed by atoms with E-state index in [-0.39, 0.29) is 18.0 Å². The summed E-state index contributed by atoms with van der Waals surface area (Å²) in [5, 5.41) is 12.0. The molecule has 2 aromatic carbocycles. The molecule has 0 radical (unpaired) electrons. The molecule has 6 heteroatoms. The summed E-state index contributed by atoms with van der Waals surface area (Å²) in [5.74, 6) is -0.258. The van der Waals surface area contributed by atoms with E-state index in [0.717, 1.165) is 21.6 Å². The molecule has 0 bridgehead atoms. The van der Waals surface area contributed by atoms with E-state index >= 15 is 0 Å². The molecule has 0 unspecified atom stereocenters. The SMILES string of the molecule is C[C@H](O)C[C@]1(c2cccs2)CCN([C@@H](C)c2ccc(-c3ccc(F)cc3)cc2)C(=O)O1. The highest BCUT2D eigenvalue weighted by atomic mass is 32.1. The van der Waals surface area contributed by atoms with Crippen molar-refractivity contribution in [2.45, 2.75) is 44.4 Å². The van der Waals surface area contributed by atoms with Gasteiger partial charge in [0.25, 0.3) is 0 Å². The number of carbonyl (C=O) groups excluding carboxylic acids is 1. The van der Waals surface area contributed by atoms with Crippen molar-refractivity contribution in [2.24, 2.45) is 0 Å². The number of aliphatic hydroxyl groups excluding tert-OH is 1. The summed E-state index contributed by atoms with van der Waals surface area (Å²) < 4.78 is 19.2. The van der Waals surface area contributed by atoms with Crippen molar-refractivity contribution in [2.75, 3.05) is 6.54 Å². The number of rotatable bonds is 6. The average molecular weight is 440 g/mol. The predicted molar refractivity (Wildman–Crippen MR) is 120 cm³/mol. The summed E-state index contributed by atoms with van der Waals surface area (Å²) in [6.07, 6.45) is 0.0732. The van der Waals surface area contributed by atoms with Gasteiger partial charge >= 0.3 is 6.09 Å². The van der Waals surface area contributed by atoms with Gasteiger partial charge in [-0.25, -0.2) is 9.18 Å².